The third-order valence-electron chi connectivity index (χ3n) is 5.76. The molecule has 2 aliphatic heterocycles. The molecule has 1 aromatic heterocycles. The van der Waals surface area contributed by atoms with Crippen LogP contribution in [0.25, 0.3) is 0 Å². The monoisotopic (exact) mass is 397 g/mol. The van der Waals surface area contributed by atoms with Crippen LogP contribution in [-0.2, 0) is 9.53 Å². The van der Waals surface area contributed by atoms with Crippen LogP contribution in [0.5, 0.6) is 0 Å². The predicted molar refractivity (Wildman–Crippen MR) is 113 cm³/mol. The summed E-state index contributed by atoms with van der Waals surface area (Å²) in [5.74, 6) is 0.826. The number of quaternary nitrogens is 1. The van der Waals surface area contributed by atoms with Crippen LogP contribution in [0.1, 0.15) is 6.92 Å². The highest BCUT2D eigenvalue weighted by molar-refractivity contribution is 5.93. The lowest BCUT2D eigenvalue weighted by Gasteiger charge is -2.34. The number of amides is 1. The smallest absolute Gasteiger partial charge is 0.282 e. The van der Waals surface area contributed by atoms with Gasteiger partial charge in [0.1, 0.15) is 0 Å². The van der Waals surface area contributed by atoms with Gasteiger partial charge in [-0.3, -0.25) is 4.79 Å². The molecule has 0 unspecified atom stereocenters. The molecule has 4 rings (SSSR count). The number of piperazine rings is 1. The van der Waals surface area contributed by atoms with Crippen LogP contribution in [-0.4, -0.2) is 74.4 Å². The first-order valence-electron chi connectivity index (χ1n) is 10.3. The van der Waals surface area contributed by atoms with Gasteiger partial charge in [0.2, 0.25) is 5.95 Å². The Kier molecular flexibility index (Phi) is 6.21. The molecule has 0 radical (unpaired) electrons. The fourth-order valence-electron chi connectivity index (χ4n) is 3.89. The van der Waals surface area contributed by atoms with Crippen molar-refractivity contribution in [2.45, 2.75) is 13.0 Å². The zero-order valence-electron chi connectivity index (χ0n) is 16.9. The number of carbonyl (C=O) groups is 1. The molecule has 8 heteroatoms. The summed E-state index contributed by atoms with van der Waals surface area (Å²) >= 11 is 0. The number of anilines is 3. The van der Waals surface area contributed by atoms with Gasteiger partial charge in [0, 0.05) is 36.9 Å². The molecule has 8 nitrogen and oxygen atoms in total. The number of nitrogens with one attached hydrogen (secondary N) is 2. The van der Waals surface area contributed by atoms with E-state index < -0.39 is 0 Å². The van der Waals surface area contributed by atoms with Crippen LogP contribution in [0, 0.1) is 0 Å². The number of benzene rings is 1. The van der Waals surface area contributed by atoms with Crippen LogP contribution in [0.3, 0.4) is 0 Å². The van der Waals surface area contributed by atoms with Crippen molar-refractivity contribution < 1.29 is 14.4 Å². The minimum Gasteiger partial charge on any atom is -0.378 e. The summed E-state index contributed by atoms with van der Waals surface area (Å²) in [6.45, 7) is 8.84. The molecule has 1 atom stereocenters. The maximum Gasteiger partial charge on any atom is 0.282 e. The van der Waals surface area contributed by atoms with E-state index in [4.69, 9.17) is 4.74 Å². The summed E-state index contributed by atoms with van der Waals surface area (Å²) in [6.07, 6.45) is 3.53. The van der Waals surface area contributed by atoms with Gasteiger partial charge in [0.25, 0.3) is 5.91 Å². The minimum absolute atomic E-state index is 0.0588. The highest BCUT2D eigenvalue weighted by Crippen LogP contribution is 2.19. The summed E-state index contributed by atoms with van der Waals surface area (Å²) in [6, 6.07) is 9.82. The molecule has 3 heterocycles. The Bertz CT molecular complexity index is 787. The fraction of sp³-hybridized carbons (Fsp3) is 0.476. The quantitative estimate of drug-likeness (QED) is 0.743. The van der Waals surface area contributed by atoms with Gasteiger partial charge in [-0.25, -0.2) is 9.97 Å². The number of ether oxygens (including phenoxy) is 1. The van der Waals surface area contributed by atoms with Gasteiger partial charge in [0.05, 0.1) is 39.4 Å². The molecule has 0 bridgehead atoms. The van der Waals surface area contributed by atoms with Gasteiger partial charge in [0.15, 0.2) is 6.04 Å². The van der Waals surface area contributed by atoms with E-state index in [1.54, 1.807) is 12.4 Å². The second-order valence-corrected chi connectivity index (χ2v) is 7.55. The molecule has 2 fully saturated rings. The van der Waals surface area contributed by atoms with Gasteiger partial charge in [-0.1, -0.05) is 0 Å². The number of hydrogen-bond acceptors (Lipinski definition) is 6. The van der Waals surface area contributed by atoms with E-state index in [-0.39, 0.29) is 11.9 Å². The van der Waals surface area contributed by atoms with E-state index in [2.05, 4.69) is 37.2 Å². The molecule has 0 spiro atoms. The summed E-state index contributed by atoms with van der Waals surface area (Å²) in [5.41, 5.74) is 2.01. The van der Waals surface area contributed by atoms with E-state index in [0.29, 0.717) is 0 Å². The summed E-state index contributed by atoms with van der Waals surface area (Å²) in [4.78, 5) is 27.2. The highest BCUT2D eigenvalue weighted by Gasteiger charge is 2.30. The van der Waals surface area contributed by atoms with Crippen molar-refractivity contribution in [3.63, 3.8) is 0 Å². The van der Waals surface area contributed by atoms with Crippen LogP contribution < -0.4 is 20.0 Å². The van der Waals surface area contributed by atoms with Crippen molar-refractivity contribution in [1.82, 2.24) is 9.97 Å². The number of hydrogen-bond donors (Lipinski definition) is 2. The van der Waals surface area contributed by atoms with Gasteiger partial charge >= 0.3 is 0 Å². The Balaban J connectivity index is 1.28. The van der Waals surface area contributed by atoms with Crippen molar-refractivity contribution in [2.75, 3.05) is 67.6 Å². The zero-order valence-corrected chi connectivity index (χ0v) is 16.9. The number of rotatable bonds is 5. The maximum atomic E-state index is 12.8. The van der Waals surface area contributed by atoms with Crippen molar-refractivity contribution in [3.8, 4) is 0 Å². The summed E-state index contributed by atoms with van der Waals surface area (Å²) < 4.78 is 5.40. The second kappa shape index (κ2) is 9.19. The minimum atomic E-state index is -0.104. The average Bonchev–Trinajstić information content (AvgIpc) is 2.80. The average molecular weight is 398 g/mol. The lowest BCUT2D eigenvalue weighted by atomic mass is 10.2. The van der Waals surface area contributed by atoms with Crippen LogP contribution in [0.15, 0.2) is 42.7 Å². The topological polar surface area (TPSA) is 75.0 Å². The molecule has 29 heavy (non-hydrogen) atoms. The molecule has 0 saturated carbocycles. The molecule has 154 valence electrons. The van der Waals surface area contributed by atoms with Crippen molar-refractivity contribution in [2.24, 2.45) is 0 Å². The standard InChI is InChI=1S/C21H28N6O2/c1-17(25-9-11-27(12-10-25)21-22-7-2-8-23-21)20(28)24-18-3-5-19(6-4-18)26-13-15-29-16-14-26/h2-8,17H,9-16H2,1H3,(H,24,28)/p+1/t17-/m1/s1. The van der Waals surface area contributed by atoms with E-state index in [1.807, 2.05) is 25.1 Å². The van der Waals surface area contributed by atoms with E-state index >= 15 is 0 Å². The molecule has 1 amide bonds. The largest absolute Gasteiger partial charge is 0.378 e. The first-order chi connectivity index (χ1) is 14.2. The predicted octanol–water partition coefficient (Wildman–Crippen LogP) is 0.0453. The number of carbonyl (C=O) groups excluding carboxylic acids is 1. The Morgan fingerprint density at radius 1 is 1.03 bits per heavy atom. The van der Waals surface area contributed by atoms with Crippen molar-refractivity contribution >= 4 is 23.2 Å². The molecule has 2 aromatic rings. The van der Waals surface area contributed by atoms with Crippen LogP contribution in [0.4, 0.5) is 17.3 Å². The molecule has 2 saturated heterocycles. The fourth-order valence-corrected chi connectivity index (χ4v) is 3.89. The molecular formula is C21H29N6O2+. The van der Waals surface area contributed by atoms with Crippen LogP contribution >= 0.6 is 0 Å². The Hall–Kier alpha value is -2.71. The maximum absolute atomic E-state index is 12.8. The molecule has 2 N–H and O–H groups in total. The lowest BCUT2D eigenvalue weighted by Crippen LogP contribution is -3.19. The molecular weight excluding hydrogens is 368 g/mol. The summed E-state index contributed by atoms with van der Waals surface area (Å²) in [7, 11) is 0. The Labute approximate surface area is 171 Å². The summed E-state index contributed by atoms with van der Waals surface area (Å²) in [5, 5.41) is 3.07. The number of nitrogens with zero attached hydrogens (tertiary/aromatic N) is 4. The molecule has 2 aliphatic rings. The first-order valence-corrected chi connectivity index (χ1v) is 10.3. The lowest BCUT2D eigenvalue weighted by molar-refractivity contribution is -0.914. The van der Waals surface area contributed by atoms with Gasteiger partial charge in [-0.05, 0) is 37.3 Å². The Morgan fingerprint density at radius 3 is 2.34 bits per heavy atom. The Morgan fingerprint density at radius 2 is 1.69 bits per heavy atom. The van der Waals surface area contributed by atoms with E-state index in [1.165, 1.54) is 10.6 Å². The highest BCUT2D eigenvalue weighted by atomic mass is 16.5. The van der Waals surface area contributed by atoms with Crippen molar-refractivity contribution in [1.29, 1.82) is 0 Å². The SMILES string of the molecule is C[C@H](C(=O)Nc1ccc(N2CCOCC2)cc1)[NH+]1CCN(c2ncccn2)CC1. The number of morpholine rings is 1. The number of aromatic nitrogens is 2. The zero-order chi connectivity index (χ0) is 20.1. The normalized spacial score (nSPS) is 19.1. The molecule has 1 aromatic carbocycles. The first kappa shape index (κ1) is 19.6. The van der Waals surface area contributed by atoms with Crippen molar-refractivity contribution in [3.05, 3.63) is 42.7 Å². The van der Waals surface area contributed by atoms with Gasteiger partial charge in [-0.15, -0.1) is 0 Å². The third-order valence-corrected chi connectivity index (χ3v) is 5.76. The van der Waals surface area contributed by atoms with Gasteiger partial charge in [-0.2, -0.15) is 0 Å². The van der Waals surface area contributed by atoms with Gasteiger partial charge < -0.3 is 24.8 Å². The molecule has 0 aliphatic carbocycles. The van der Waals surface area contributed by atoms with Crippen LogP contribution in [0.2, 0.25) is 0 Å². The third kappa shape index (κ3) is 4.83. The second-order valence-electron chi connectivity index (χ2n) is 7.55. The van der Waals surface area contributed by atoms with E-state index in [0.717, 1.165) is 64.1 Å². The van der Waals surface area contributed by atoms with E-state index in [9.17, 15) is 4.79 Å².